The minimum absolute atomic E-state index is 0.0516. The first kappa shape index (κ1) is 15.2. The zero-order valence-electron chi connectivity index (χ0n) is 12.9. The number of pyridine rings is 1. The van der Waals surface area contributed by atoms with Crippen LogP contribution in [0, 0.1) is 0 Å². The van der Waals surface area contributed by atoms with E-state index in [0.29, 0.717) is 6.61 Å². The van der Waals surface area contributed by atoms with E-state index in [2.05, 4.69) is 15.6 Å². The molecule has 0 spiro atoms. The molecule has 1 aromatic rings. The molecule has 3 atom stereocenters. The van der Waals surface area contributed by atoms with Crippen LogP contribution in [-0.4, -0.2) is 35.6 Å². The number of aromatic amines is 1. The van der Waals surface area contributed by atoms with Gasteiger partial charge in [0.05, 0.1) is 11.6 Å². The van der Waals surface area contributed by atoms with Crippen molar-refractivity contribution >= 4 is 5.91 Å². The summed E-state index contributed by atoms with van der Waals surface area (Å²) in [6, 6.07) is 3.20. The molecule has 3 rings (SSSR count). The van der Waals surface area contributed by atoms with Crippen molar-refractivity contribution in [3.05, 3.63) is 34.2 Å². The number of rotatable bonds is 4. The van der Waals surface area contributed by atoms with Crippen LogP contribution in [0.3, 0.4) is 0 Å². The van der Waals surface area contributed by atoms with Gasteiger partial charge in [-0.25, -0.2) is 0 Å². The molecule has 1 aromatic heterocycles. The summed E-state index contributed by atoms with van der Waals surface area (Å²) in [5, 5.41) is 6.51. The van der Waals surface area contributed by atoms with Gasteiger partial charge in [0.15, 0.2) is 0 Å². The number of hydrogen-bond acceptors (Lipinski definition) is 4. The lowest BCUT2D eigenvalue weighted by atomic mass is 9.92. The molecule has 0 aromatic carbocycles. The lowest BCUT2D eigenvalue weighted by Gasteiger charge is -2.30. The van der Waals surface area contributed by atoms with Gasteiger partial charge in [-0.3, -0.25) is 9.59 Å². The Balaban J connectivity index is 1.72. The highest BCUT2D eigenvalue weighted by Gasteiger charge is 2.41. The number of carbonyl (C=O) groups excluding carboxylic acids is 1. The molecular formula is C16H23N3O3. The van der Waals surface area contributed by atoms with Crippen molar-refractivity contribution in [2.75, 3.05) is 13.2 Å². The molecule has 120 valence electrons. The normalized spacial score (nSPS) is 31.3. The fourth-order valence-corrected chi connectivity index (χ4v) is 3.43. The van der Waals surface area contributed by atoms with Crippen molar-refractivity contribution in [3.63, 3.8) is 0 Å². The standard InChI is InChI=1S/C16H23N3O3/c1-2-16(7-3-8-18-16)15(21)19-12-6-9-22-14(12)11-4-5-13(20)17-10-11/h4-5,10,12,14,18H,2-3,6-9H2,1H3,(H,17,20)(H,19,21)/t12-,14+,16?/m1/s1. The van der Waals surface area contributed by atoms with E-state index in [9.17, 15) is 9.59 Å². The molecule has 0 saturated carbocycles. The molecule has 3 heterocycles. The molecule has 1 unspecified atom stereocenters. The van der Waals surface area contributed by atoms with E-state index >= 15 is 0 Å². The predicted molar refractivity (Wildman–Crippen MR) is 82.6 cm³/mol. The third-order valence-corrected chi connectivity index (χ3v) is 4.83. The minimum Gasteiger partial charge on any atom is -0.371 e. The largest absolute Gasteiger partial charge is 0.371 e. The van der Waals surface area contributed by atoms with Crippen molar-refractivity contribution in [1.29, 1.82) is 0 Å². The summed E-state index contributed by atoms with van der Waals surface area (Å²) >= 11 is 0. The Morgan fingerprint density at radius 3 is 3.00 bits per heavy atom. The molecule has 0 radical (unpaired) electrons. The molecule has 6 heteroatoms. The summed E-state index contributed by atoms with van der Waals surface area (Å²) in [4.78, 5) is 26.5. The van der Waals surface area contributed by atoms with Crippen LogP contribution in [0.4, 0.5) is 0 Å². The van der Waals surface area contributed by atoms with Crippen LogP contribution in [0.15, 0.2) is 23.1 Å². The number of nitrogens with one attached hydrogen (secondary N) is 3. The highest BCUT2D eigenvalue weighted by atomic mass is 16.5. The Morgan fingerprint density at radius 1 is 1.50 bits per heavy atom. The summed E-state index contributed by atoms with van der Waals surface area (Å²) in [6.45, 7) is 3.55. The second-order valence-electron chi connectivity index (χ2n) is 6.11. The zero-order valence-corrected chi connectivity index (χ0v) is 12.9. The van der Waals surface area contributed by atoms with Gasteiger partial charge in [-0.2, -0.15) is 0 Å². The lowest BCUT2D eigenvalue weighted by molar-refractivity contribution is -0.128. The first-order valence-corrected chi connectivity index (χ1v) is 8.01. The van der Waals surface area contributed by atoms with Gasteiger partial charge in [0.25, 0.3) is 0 Å². The molecule has 6 nitrogen and oxygen atoms in total. The van der Waals surface area contributed by atoms with Gasteiger partial charge in [0.2, 0.25) is 11.5 Å². The van der Waals surface area contributed by atoms with Crippen LogP contribution >= 0.6 is 0 Å². The molecule has 22 heavy (non-hydrogen) atoms. The van der Waals surface area contributed by atoms with Gasteiger partial charge in [-0.05, 0) is 43.9 Å². The molecule has 0 aliphatic carbocycles. The third kappa shape index (κ3) is 2.80. The maximum absolute atomic E-state index is 12.7. The highest BCUT2D eigenvalue weighted by Crippen LogP contribution is 2.30. The van der Waals surface area contributed by atoms with Crippen LogP contribution in [0.2, 0.25) is 0 Å². The average molecular weight is 305 g/mol. The fourth-order valence-electron chi connectivity index (χ4n) is 3.43. The van der Waals surface area contributed by atoms with Crippen LogP contribution in [0.1, 0.15) is 44.3 Å². The van der Waals surface area contributed by atoms with E-state index in [-0.39, 0.29) is 23.6 Å². The topological polar surface area (TPSA) is 83.2 Å². The smallest absolute Gasteiger partial charge is 0.247 e. The van der Waals surface area contributed by atoms with Gasteiger partial charge in [0, 0.05) is 18.9 Å². The molecule has 3 N–H and O–H groups in total. The van der Waals surface area contributed by atoms with Crippen molar-refractivity contribution in [2.45, 2.75) is 50.3 Å². The molecular weight excluding hydrogens is 282 g/mol. The molecule has 1 amide bonds. The molecule has 2 fully saturated rings. The Labute approximate surface area is 129 Å². The second-order valence-corrected chi connectivity index (χ2v) is 6.11. The summed E-state index contributed by atoms with van der Waals surface area (Å²) in [6.07, 6.45) is 4.96. The number of aromatic nitrogens is 1. The van der Waals surface area contributed by atoms with Gasteiger partial charge in [-0.1, -0.05) is 6.92 Å². The molecule has 0 bridgehead atoms. The molecule has 2 aliphatic heterocycles. The van der Waals surface area contributed by atoms with Gasteiger partial charge in [-0.15, -0.1) is 0 Å². The summed E-state index contributed by atoms with van der Waals surface area (Å²) in [7, 11) is 0. The van der Waals surface area contributed by atoms with E-state index in [1.807, 2.05) is 6.92 Å². The Hall–Kier alpha value is -1.66. The average Bonchev–Trinajstić information content (AvgIpc) is 3.18. The van der Waals surface area contributed by atoms with E-state index in [4.69, 9.17) is 4.74 Å². The van der Waals surface area contributed by atoms with Gasteiger partial charge < -0.3 is 20.4 Å². The van der Waals surface area contributed by atoms with Crippen LogP contribution < -0.4 is 16.2 Å². The quantitative estimate of drug-likeness (QED) is 0.770. The lowest BCUT2D eigenvalue weighted by Crippen LogP contribution is -2.55. The van der Waals surface area contributed by atoms with Crippen molar-refractivity contribution in [3.8, 4) is 0 Å². The first-order valence-electron chi connectivity index (χ1n) is 8.01. The number of ether oxygens (including phenoxy) is 1. The highest BCUT2D eigenvalue weighted by molar-refractivity contribution is 5.87. The molecule has 2 saturated heterocycles. The Kier molecular flexibility index (Phi) is 4.31. The van der Waals surface area contributed by atoms with E-state index in [1.165, 1.54) is 6.07 Å². The minimum atomic E-state index is -0.432. The SMILES string of the molecule is CCC1(C(=O)N[C@@H]2CCO[C@H]2c2ccc(=O)[nH]c2)CCCN1. The maximum atomic E-state index is 12.7. The number of carbonyl (C=O) groups is 1. The second kappa shape index (κ2) is 6.22. The number of hydrogen-bond donors (Lipinski definition) is 3. The Bertz CT molecular complexity index is 572. The van der Waals surface area contributed by atoms with Crippen LogP contribution in [0.25, 0.3) is 0 Å². The van der Waals surface area contributed by atoms with Crippen molar-refractivity contribution in [1.82, 2.24) is 15.6 Å². The third-order valence-electron chi connectivity index (χ3n) is 4.83. The summed E-state index contributed by atoms with van der Waals surface area (Å²) in [5.41, 5.74) is 0.327. The van der Waals surface area contributed by atoms with E-state index in [1.54, 1.807) is 12.3 Å². The Morgan fingerprint density at radius 2 is 2.36 bits per heavy atom. The monoisotopic (exact) mass is 305 g/mol. The van der Waals surface area contributed by atoms with Gasteiger partial charge >= 0.3 is 0 Å². The predicted octanol–water partition coefficient (Wildman–Crippen LogP) is 0.853. The van der Waals surface area contributed by atoms with Gasteiger partial charge in [0.1, 0.15) is 6.10 Å². The van der Waals surface area contributed by atoms with E-state index in [0.717, 1.165) is 37.8 Å². The number of amides is 1. The van der Waals surface area contributed by atoms with E-state index < -0.39 is 5.54 Å². The zero-order chi connectivity index (χ0) is 15.6. The summed E-state index contributed by atoms with van der Waals surface area (Å²) < 4.78 is 5.76. The summed E-state index contributed by atoms with van der Waals surface area (Å²) in [5.74, 6) is 0.0671. The molecule has 2 aliphatic rings. The fraction of sp³-hybridized carbons (Fsp3) is 0.625. The maximum Gasteiger partial charge on any atom is 0.247 e. The number of H-pyrrole nitrogens is 1. The van der Waals surface area contributed by atoms with Crippen molar-refractivity contribution < 1.29 is 9.53 Å². The van der Waals surface area contributed by atoms with Crippen LogP contribution in [-0.2, 0) is 9.53 Å². The first-order chi connectivity index (χ1) is 10.6. The van der Waals surface area contributed by atoms with Crippen molar-refractivity contribution in [2.24, 2.45) is 0 Å². The van der Waals surface area contributed by atoms with Crippen LogP contribution in [0.5, 0.6) is 0 Å².